The number of nitrogens with two attached hydrogens (primary N) is 1. The Kier molecular flexibility index (Phi) is 2.71. The van der Waals surface area contributed by atoms with E-state index in [0.29, 0.717) is 34.1 Å². The summed E-state index contributed by atoms with van der Waals surface area (Å²) in [5.41, 5.74) is 7.05. The molecule has 0 atom stereocenters. The summed E-state index contributed by atoms with van der Waals surface area (Å²) in [6.07, 6.45) is 0. The van der Waals surface area contributed by atoms with Crippen molar-refractivity contribution in [2.75, 3.05) is 20.0 Å². The number of hydrogen-bond acceptors (Lipinski definition) is 6. The molecule has 6 heteroatoms. The van der Waals surface area contributed by atoms with Crippen molar-refractivity contribution in [2.45, 2.75) is 0 Å². The third-order valence-corrected chi connectivity index (χ3v) is 3.02. The van der Waals surface area contributed by atoms with Crippen LogP contribution in [0.25, 0.3) is 22.6 Å². The van der Waals surface area contributed by atoms with E-state index in [1.165, 1.54) is 19.2 Å². The van der Waals surface area contributed by atoms with Crippen molar-refractivity contribution in [2.24, 2.45) is 0 Å². The topological polar surface area (TPSA) is 87.6 Å². The molecule has 0 radical (unpaired) electrons. The minimum atomic E-state index is -0.289. The molecule has 0 spiro atoms. The van der Waals surface area contributed by atoms with E-state index < -0.39 is 0 Å². The van der Waals surface area contributed by atoms with E-state index in [9.17, 15) is 4.79 Å². The van der Waals surface area contributed by atoms with E-state index in [4.69, 9.17) is 19.6 Å². The average molecular weight is 272 g/mol. The second-order valence-corrected chi connectivity index (χ2v) is 4.25. The Morgan fingerprint density at radius 3 is 2.50 bits per heavy atom. The van der Waals surface area contributed by atoms with Gasteiger partial charge >= 0.3 is 0 Å². The molecule has 20 heavy (non-hydrogen) atoms. The highest BCUT2D eigenvalue weighted by Gasteiger charge is 2.14. The van der Waals surface area contributed by atoms with Crippen LogP contribution in [-0.2, 0) is 0 Å². The van der Waals surface area contributed by atoms with Crippen molar-refractivity contribution in [1.29, 1.82) is 0 Å². The highest BCUT2D eigenvalue weighted by atomic mass is 16.5. The Hall–Kier alpha value is -2.76. The van der Waals surface area contributed by atoms with Crippen molar-refractivity contribution in [1.82, 2.24) is 4.98 Å². The highest BCUT2D eigenvalue weighted by molar-refractivity contribution is 5.80. The predicted octanol–water partition coefficient (Wildman–Crippen LogP) is 1.89. The molecule has 0 bridgehead atoms. The first-order chi connectivity index (χ1) is 9.62. The zero-order chi connectivity index (χ0) is 14.3. The van der Waals surface area contributed by atoms with Crippen LogP contribution in [0.2, 0.25) is 0 Å². The van der Waals surface area contributed by atoms with Gasteiger partial charge in [0.1, 0.15) is 11.2 Å². The molecule has 6 nitrogen and oxygen atoms in total. The van der Waals surface area contributed by atoms with Crippen LogP contribution >= 0.6 is 0 Å². The van der Waals surface area contributed by atoms with E-state index in [-0.39, 0.29) is 11.1 Å². The fourth-order valence-corrected chi connectivity index (χ4v) is 2.00. The van der Waals surface area contributed by atoms with Gasteiger partial charge in [-0.2, -0.15) is 0 Å². The number of aromatic nitrogens is 1. The summed E-state index contributed by atoms with van der Waals surface area (Å²) < 4.78 is 16.1. The van der Waals surface area contributed by atoms with Gasteiger partial charge in [0.25, 0.3) is 0 Å². The Bertz CT molecular complexity index is 825. The zero-order valence-corrected chi connectivity index (χ0v) is 11.0. The number of nitrogens with zero attached hydrogens (tertiary/aromatic N) is 1. The molecule has 1 aromatic rings. The van der Waals surface area contributed by atoms with E-state index >= 15 is 0 Å². The molecule has 0 aromatic heterocycles. The lowest BCUT2D eigenvalue weighted by atomic mass is 10.2. The standard InChI is InChI=1S/C14H12N2O4/c1-18-13-4-9-12(6-14(13)19-2)20-11-5-10(17)7(15)3-8(11)16-9/h3-6H,15H2,1-2H3. The number of benzene rings is 2. The summed E-state index contributed by atoms with van der Waals surface area (Å²) in [4.78, 5) is 16.0. The third-order valence-electron chi connectivity index (χ3n) is 3.02. The van der Waals surface area contributed by atoms with Crippen LogP contribution in [0.5, 0.6) is 11.5 Å². The van der Waals surface area contributed by atoms with Crippen molar-refractivity contribution in [3.05, 3.63) is 34.5 Å². The fourth-order valence-electron chi connectivity index (χ4n) is 2.00. The summed E-state index contributed by atoms with van der Waals surface area (Å²) in [7, 11) is 3.08. The molecule has 1 heterocycles. The lowest BCUT2D eigenvalue weighted by Gasteiger charge is -2.10. The molecule has 1 aliphatic heterocycles. The van der Waals surface area contributed by atoms with Crippen LogP contribution in [0.1, 0.15) is 0 Å². The van der Waals surface area contributed by atoms with E-state index in [0.717, 1.165) is 0 Å². The molecule has 1 aliphatic carbocycles. The van der Waals surface area contributed by atoms with Gasteiger partial charge < -0.3 is 19.6 Å². The predicted molar refractivity (Wildman–Crippen MR) is 74.4 cm³/mol. The van der Waals surface area contributed by atoms with Gasteiger partial charge in [-0.25, -0.2) is 4.98 Å². The summed E-state index contributed by atoms with van der Waals surface area (Å²) in [5, 5.41) is 0. The lowest BCUT2D eigenvalue weighted by molar-refractivity contribution is 0.355. The Morgan fingerprint density at radius 1 is 1.10 bits per heavy atom. The van der Waals surface area contributed by atoms with E-state index in [2.05, 4.69) is 4.98 Å². The number of nitrogen functional groups attached to an aromatic ring is 1. The summed E-state index contributed by atoms with van der Waals surface area (Å²) in [5.74, 6) is 1.46. The smallest absolute Gasteiger partial charge is 0.205 e. The number of ether oxygens (including phenoxy) is 2. The lowest BCUT2D eigenvalue weighted by Crippen LogP contribution is -2.08. The maximum atomic E-state index is 11.5. The summed E-state index contributed by atoms with van der Waals surface area (Å²) in [6, 6.07) is 6.20. The molecule has 0 unspecified atom stereocenters. The SMILES string of the molecule is COc1cc2nc3cc(N)c(=O)cc-3oc2cc1OC. The van der Waals surface area contributed by atoms with E-state index in [1.54, 1.807) is 19.2 Å². The summed E-state index contributed by atoms with van der Waals surface area (Å²) in [6.45, 7) is 0. The Balaban J connectivity index is 2.37. The van der Waals surface area contributed by atoms with Crippen molar-refractivity contribution < 1.29 is 13.9 Å². The van der Waals surface area contributed by atoms with Crippen LogP contribution in [-0.4, -0.2) is 19.2 Å². The van der Waals surface area contributed by atoms with Gasteiger partial charge in [0.05, 0.1) is 19.9 Å². The van der Waals surface area contributed by atoms with Gasteiger partial charge in [-0.3, -0.25) is 4.79 Å². The fraction of sp³-hybridized carbons (Fsp3) is 0.143. The minimum absolute atomic E-state index is 0.139. The first-order valence-corrected chi connectivity index (χ1v) is 5.88. The van der Waals surface area contributed by atoms with Crippen molar-refractivity contribution in [3.63, 3.8) is 0 Å². The molecular weight excluding hydrogens is 260 g/mol. The van der Waals surface area contributed by atoms with Crippen LogP contribution in [0.3, 0.4) is 0 Å². The first kappa shape index (κ1) is 12.3. The maximum Gasteiger partial charge on any atom is 0.205 e. The summed E-state index contributed by atoms with van der Waals surface area (Å²) >= 11 is 0. The van der Waals surface area contributed by atoms with Crippen LogP contribution in [0, 0.1) is 0 Å². The largest absolute Gasteiger partial charge is 0.493 e. The Labute approximate surface area is 114 Å². The van der Waals surface area contributed by atoms with Gasteiger partial charge in [-0.15, -0.1) is 0 Å². The zero-order valence-electron chi connectivity index (χ0n) is 11.0. The molecular formula is C14H12N2O4. The quantitative estimate of drug-likeness (QED) is 0.566. The average Bonchev–Trinajstić information content (AvgIpc) is 2.45. The van der Waals surface area contributed by atoms with Gasteiger partial charge in [-0.05, 0) is 6.07 Å². The van der Waals surface area contributed by atoms with Gasteiger partial charge in [0, 0.05) is 18.2 Å². The second kappa shape index (κ2) is 4.41. The second-order valence-electron chi connectivity index (χ2n) is 4.25. The molecule has 2 aliphatic rings. The number of fused-ring (bicyclic) bond motifs is 2. The maximum absolute atomic E-state index is 11.5. The molecule has 0 fully saturated rings. The van der Waals surface area contributed by atoms with Gasteiger partial charge in [0.2, 0.25) is 5.43 Å². The van der Waals surface area contributed by atoms with Crippen LogP contribution in [0.15, 0.2) is 33.5 Å². The molecule has 3 rings (SSSR count). The van der Waals surface area contributed by atoms with Gasteiger partial charge in [-0.1, -0.05) is 0 Å². The highest BCUT2D eigenvalue weighted by Crippen LogP contribution is 2.34. The number of anilines is 1. The molecule has 0 amide bonds. The third kappa shape index (κ3) is 1.82. The minimum Gasteiger partial charge on any atom is -0.493 e. The van der Waals surface area contributed by atoms with Crippen LogP contribution < -0.4 is 20.6 Å². The molecule has 0 saturated heterocycles. The molecule has 102 valence electrons. The van der Waals surface area contributed by atoms with Crippen molar-refractivity contribution >= 4 is 16.8 Å². The van der Waals surface area contributed by atoms with E-state index in [1.807, 2.05) is 0 Å². The normalized spacial score (nSPS) is 10.9. The number of methoxy groups -OCH3 is 2. The molecule has 0 saturated carbocycles. The molecule has 2 N–H and O–H groups in total. The Morgan fingerprint density at radius 2 is 1.80 bits per heavy atom. The van der Waals surface area contributed by atoms with Gasteiger partial charge in [0.15, 0.2) is 22.8 Å². The monoisotopic (exact) mass is 272 g/mol. The first-order valence-electron chi connectivity index (χ1n) is 5.88. The van der Waals surface area contributed by atoms with Crippen molar-refractivity contribution in [3.8, 4) is 23.0 Å². The number of hydrogen-bond donors (Lipinski definition) is 1. The number of rotatable bonds is 2. The van der Waals surface area contributed by atoms with Crippen LogP contribution in [0.4, 0.5) is 5.69 Å². The molecule has 1 aromatic carbocycles.